The first-order valence-electron chi connectivity index (χ1n) is 8.45. The van der Waals surface area contributed by atoms with Crippen molar-refractivity contribution in [3.63, 3.8) is 0 Å². The number of piperidine rings is 1. The van der Waals surface area contributed by atoms with Crippen LogP contribution in [-0.2, 0) is 14.4 Å². The van der Waals surface area contributed by atoms with E-state index in [9.17, 15) is 18.8 Å². The zero-order valence-electron chi connectivity index (χ0n) is 14.9. The molecule has 0 spiro atoms. The predicted molar refractivity (Wildman–Crippen MR) is 91.1 cm³/mol. The topological polar surface area (TPSA) is 87.2 Å². The first-order chi connectivity index (χ1) is 12.3. The molecule has 0 aromatic heterocycles. The number of carbonyl (C=O) groups is 3. The number of likely N-dealkylation sites (N-methyl/N-ethyl adjacent to an activating group) is 1. The Hall–Kier alpha value is -2.64. The zero-order chi connectivity index (χ0) is 19.3. The molecule has 1 N–H and O–H groups in total. The molecule has 1 heterocycles. The largest absolute Gasteiger partial charge is 0.481 e. The fourth-order valence-corrected chi connectivity index (χ4v) is 2.83. The van der Waals surface area contributed by atoms with Crippen molar-refractivity contribution in [2.45, 2.75) is 25.9 Å². The molecular weight excluding hydrogens is 343 g/mol. The molecule has 1 saturated heterocycles. The van der Waals surface area contributed by atoms with Gasteiger partial charge in [0.05, 0.1) is 12.5 Å². The van der Waals surface area contributed by atoms with Crippen LogP contribution in [0.2, 0.25) is 0 Å². The Balaban J connectivity index is 1.83. The van der Waals surface area contributed by atoms with Crippen LogP contribution in [0.25, 0.3) is 0 Å². The van der Waals surface area contributed by atoms with Gasteiger partial charge in [-0.15, -0.1) is 0 Å². The van der Waals surface area contributed by atoms with Crippen LogP contribution in [0, 0.1) is 11.7 Å². The van der Waals surface area contributed by atoms with E-state index in [0.717, 1.165) is 0 Å². The highest BCUT2D eigenvalue weighted by Crippen LogP contribution is 2.18. The van der Waals surface area contributed by atoms with Crippen molar-refractivity contribution in [2.24, 2.45) is 5.92 Å². The number of amides is 2. The highest BCUT2D eigenvalue weighted by atomic mass is 19.1. The number of carboxylic acid groups (broad SMARTS) is 1. The maximum absolute atomic E-state index is 12.9. The van der Waals surface area contributed by atoms with Crippen LogP contribution in [0.3, 0.4) is 0 Å². The molecule has 0 saturated carbocycles. The minimum Gasteiger partial charge on any atom is -0.481 e. The summed E-state index contributed by atoms with van der Waals surface area (Å²) in [7, 11) is 1.51. The zero-order valence-corrected chi connectivity index (χ0v) is 14.9. The number of aliphatic carboxylic acids is 1. The van der Waals surface area contributed by atoms with Gasteiger partial charge in [0.2, 0.25) is 5.91 Å². The number of rotatable bonds is 6. The summed E-state index contributed by atoms with van der Waals surface area (Å²) < 4.78 is 18.4. The van der Waals surface area contributed by atoms with Crippen molar-refractivity contribution in [3.05, 3.63) is 30.1 Å². The first kappa shape index (κ1) is 19.7. The quantitative estimate of drug-likeness (QED) is 0.822. The first-order valence-corrected chi connectivity index (χ1v) is 8.45. The van der Waals surface area contributed by atoms with Gasteiger partial charge in [0.15, 0.2) is 6.10 Å². The number of hydrogen-bond acceptors (Lipinski definition) is 4. The van der Waals surface area contributed by atoms with Gasteiger partial charge in [0.25, 0.3) is 5.91 Å². The molecule has 1 atom stereocenters. The van der Waals surface area contributed by atoms with Gasteiger partial charge in [0.1, 0.15) is 11.6 Å². The predicted octanol–water partition coefficient (Wildman–Crippen LogP) is 1.37. The monoisotopic (exact) mass is 366 g/mol. The highest BCUT2D eigenvalue weighted by molar-refractivity contribution is 5.87. The van der Waals surface area contributed by atoms with Gasteiger partial charge in [-0.25, -0.2) is 4.39 Å². The third-order valence-corrected chi connectivity index (χ3v) is 4.42. The third-order valence-electron chi connectivity index (χ3n) is 4.42. The van der Waals surface area contributed by atoms with E-state index in [1.165, 1.54) is 36.2 Å². The fourth-order valence-electron chi connectivity index (χ4n) is 2.83. The summed E-state index contributed by atoms with van der Waals surface area (Å²) in [5, 5.41) is 8.99. The molecule has 142 valence electrons. The van der Waals surface area contributed by atoms with Crippen LogP contribution >= 0.6 is 0 Å². The van der Waals surface area contributed by atoms with Crippen molar-refractivity contribution in [1.82, 2.24) is 9.80 Å². The van der Waals surface area contributed by atoms with Crippen molar-refractivity contribution in [1.29, 1.82) is 0 Å². The van der Waals surface area contributed by atoms with Crippen LogP contribution in [-0.4, -0.2) is 65.5 Å². The highest BCUT2D eigenvalue weighted by Gasteiger charge is 2.28. The van der Waals surface area contributed by atoms with Gasteiger partial charge in [-0.3, -0.25) is 14.4 Å². The van der Waals surface area contributed by atoms with Gasteiger partial charge in [-0.1, -0.05) is 0 Å². The average molecular weight is 366 g/mol. The van der Waals surface area contributed by atoms with Crippen molar-refractivity contribution in [3.8, 4) is 5.75 Å². The van der Waals surface area contributed by atoms with E-state index in [0.29, 0.717) is 31.7 Å². The Bertz CT molecular complexity index is 656. The Kier molecular flexibility index (Phi) is 6.54. The lowest BCUT2D eigenvalue weighted by Crippen LogP contribution is -2.47. The SMILES string of the molecule is CC(Oc1ccc(F)cc1)C(=O)N(C)CC(=O)N1CCC(C(=O)O)CC1. The molecule has 1 aromatic carbocycles. The summed E-state index contributed by atoms with van der Waals surface area (Å²) in [5.41, 5.74) is 0. The minimum atomic E-state index is -0.837. The minimum absolute atomic E-state index is 0.103. The molecule has 0 aliphatic carbocycles. The van der Waals surface area contributed by atoms with E-state index in [4.69, 9.17) is 9.84 Å². The lowest BCUT2D eigenvalue weighted by Gasteiger charge is -2.31. The maximum atomic E-state index is 12.9. The van der Waals surface area contributed by atoms with Gasteiger partial charge in [-0.05, 0) is 44.0 Å². The third kappa shape index (κ3) is 5.18. The normalized spacial score (nSPS) is 16.0. The van der Waals surface area contributed by atoms with Gasteiger partial charge in [0, 0.05) is 20.1 Å². The van der Waals surface area contributed by atoms with E-state index >= 15 is 0 Å². The van der Waals surface area contributed by atoms with E-state index in [1.807, 2.05) is 0 Å². The Labute approximate surface area is 151 Å². The van der Waals surface area contributed by atoms with Gasteiger partial charge < -0.3 is 19.6 Å². The molecule has 7 nitrogen and oxygen atoms in total. The number of carboxylic acids is 1. The fraction of sp³-hybridized carbons (Fsp3) is 0.500. The van der Waals surface area contributed by atoms with Crippen molar-refractivity contribution < 1.29 is 28.6 Å². The van der Waals surface area contributed by atoms with Crippen LogP contribution in [0.15, 0.2) is 24.3 Å². The second-order valence-electron chi connectivity index (χ2n) is 6.40. The Morgan fingerprint density at radius 1 is 1.27 bits per heavy atom. The molecule has 1 fully saturated rings. The number of nitrogens with zero attached hydrogens (tertiary/aromatic N) is 2. The van der Waals surface area contributed by atoms with Crippen molar-refractivity contribution >= 4 is 17.8 Å². The molecule has 0 radical (unpaired) electrons. The lowest BCUT2D eigenvalue weighted by molar-refractivity contribution is -0.147. The lowest BCUT2D eigenvalue weighted by atomic mass is 9.97. The van der Waals surface area contributed by atoms with Crippen LogP contribution in [0.4, 0.5) is 4.39 Å². The molecule has 8 heteroatoms. The summed E-state index contributed by atoms with van der Waals surface area (Å²) >= 11 is 0. The Morgan fingerprint density at radius 3 is 2.38 bits per heavy atom. The number of ether oxygens (including phenoxy) is 1. The molecule has 0 bridgehead atoms. The molecule has 2 rings (SSSR count). The number of carbonyl (C=O) groups excluding carboxylic acids is 2. The number of hydrogen-bond donors (Lipinski definition) is 1. The average Bonchev–Trinajstić information content (AvgIpc) is 2.62. The molecule has 26 heavy (non-hydrogen) atoms. The maximum Gasteiger partial charge on any atom is 0.306 e. The van der Waals surface area contributed by atoms with Crippen LogP contribution in [0.5, 0.6) is 5.75 Å². The number of likely N-dealkylation sites (tertiary alicyclic amines) is 1. The molecule has 2 amide bonds. The smallest absolute Gasteiger partial charge is 0.306 e. The van der Waals surface area contributed by atoms with E-state index < -0.39 is 23.8 Å². The van der Waals surface area contributed by atoms with Crippen molar-refractivity contribution in [2.75, 3.05) is 26.7 Å². The Morgan fingerprint density at radius 2 is 1.85 bits per heavy atom. The number of halogens is 1. The molecule has 1 unspecified atom stereocenters. The molecule has 1 aliphatic rings. The summed E-state index contributed by atoms with van der Waals surface area (Å²) in [5.74, 6) is -1.88. The summed E-state index contributed by atoms with van der Waals surface area (Å²) in [6, 6.07) is 5.33. The second kappa shape index (κ2) is 8.64. The van der Waals surface area contributed by atoms with E-state index in [1.54, 1.807) is 11.8 Å². The van der Waals surface area contributed by atoms with Crippen LogP contribution < -0.4 is 4.74 Å². The summed E-state index contributed by atoms with van der Waals surface area (Å²) in [6.07, 6.45) is 0.0158. The summed E-state index contributed by atoms with van der Waals surface area (Å²) in [6.45, 7) is 2.21. The van der Waals surface area contributed by atoms with Gasteiger partial charge >= 0.3 is 5.97 Å². The molecular formula is C18H23FN2O5. The van der Waals surface area contributed by atoms with Gasteiger partial charge in [-0.2, -0.15) is 0 Å². The molecule has 1 aliphatic heterocycles. The standard InChI is InChI=1S/C18H23FN2O5/c1-12(26-15-5-3-14(19)4-6-15)17(23)20(2)11-16(22)21-9-7-13(8-10-21)18(24)25/h3-6,12-13H,7-11H2,1-2H3,(H,24,25). The number of benzene rings is 1. The second-order valence-corrected chi connectivity index (χ2v) is 6.40. The van der Waals surface area contributed by atoms with E-state index in [2.05, 4.69) is 0 Å². The molecule has 1 aromatic rings. The van der Waals surface area contributed by atoms with E-state index in [-0.39, 0.29) is 18.4 Å². The summed E-state index contributed by atoms with van der Waals surface area (Å²) in [4.78, 5) is 38.5. The van der Waals surface area contributed by atoms with Crippen LogP contribution in [0.1, 0.15) is 19.8 Å².